The molecule has 0 heterocycles. The molecule has 0 aliphatic rings. The van der Waals surface area contributed by atoms with Crippen LogP contribution in [0.5, 0.6) is 0 Å². The van der Waals surface area contributed by atoms with E-state index in [4.69, 9.17) is 16.6 Å². The predicted octanol–water partition coefficient (Wildman–Crippen LogP) is -0.0525. The Labute approximate surface area is 154 Å². The second-order valence-corrected chi connectivity index (χ2v) is 6.66. The zero-order valence-corrected chi connectivity index (χ0v) is 14.9. The van der Waals surface area contributed by atoms with Gasteiger partial charge in [0, 0.05) is 22.6 Å². The first-order valence-corrected chi connectivity index (χ1v) is 8.64. The molecule has 0 saturated carbocycles. The van der Waals surface area contributed by atoms with Gasteiger partial charge in [0.15, 0.2) is 0 Å². The van der Waals surface area contributed by atoms with Gasteiger partial charge in [-0.3, -0.25) is 14.4 Å². The lowest BCUT2D eigenvalue weighted by molar-refractivity contribution is -0.141. The van der Waals surface area contributed by atoms with Gasteiger partial charge >= 0.3 is 11.9 Å². The van der Waals surface area contributed by atoms with Crippen LogP contribution in [0.3, 0.4) is 0 Å². The average molecular weight is 383 g/mol. The number of rotatable bonds is 10. The third-order valence-electron chi connectivity index (χ3n) is 3.50. The molecule has 7 N–H and O–H groups in total. The predicted molar refractivity (Wildman–Crippen MR) is 94.8 cm³/mol. The van der Waals surface area contributed by atoms with Gasteiger partial charge in [0.1, 0.15) is 12.1 Å². The Morgan fingerprint density at radius 3 is 2.35 bits per heavy atom. The van der Waals surface area contributed by atoms with E-state index in [1.807, 2.05) is 0 Å². The van der Waals surface area contributed by atoms with E-state index in [0.717, 1.165) is 10.5 Å². The van der Waals surface area contributed by atoms with E-state index < -0.39 is 35.8 Å². The lowest BCUT2D eigenvalue weighted by atomic mass is 10.1. The summed E-state index contributed by atoms with van der Waals surface area (Å²) in [6, 6.07) is 2.48. The number of carbonyl (C=O) groups is 4. The summed E-state index contributed by atoms with van der Waals surface area (Å²) in [5.74, 6) is -3.52. The van der Waals surface area contributed by atoms with Gasteiger partial charge in [-0.15, -0.1) is 11.8 Å². The molecule has 26 heavy (non-hydrogen) atoms. The molecule has 0 radical (unpaired) electrons. The minimum atomic E-state index is -1.22. The number of amides is 2. The van der Waals surface area contributed by atoms with Crippen molar-refractivity contribution < 1.29 is 29.4 Å². The van der Waals surface area contributed by atoms with Crippen molar-refractivity contribution in [2.75, 3.05) is 5.75 Å². The van der Waals surface area contributed by atoms with Crippen molar-refractivity contribution >= 4 is 35.5 Å². The quantitative estimate of drug-likeness (QED) is 0.350. The summed E-state index contributed by atoms with van der Waals surface area (Å²) >= 11 is 1.21. The first-order valence-electron chi connectivity index (χ1n) is 7.65. The fraction of sp³-hybridized carbons (Fsp3) is 0.375. The zero-order valence-electron chi connectivity index (χ0n) is 14.1. The molecule has 0 bridgehead atoms. The molecule has 0 saturated heterocycles. The topological polar surface area (TPSA) is 173 Å². The number of aryl methyl sites for hydroxylation is 1. The molecule has 10 heteroatoms. The summed E-state index contributed by atoms with van der Waals surface area (Å²) in [6.45, 7) is 1.76. The standard InChI is InChI=1S/C16H21N3O6S/c1-8-6-9(14(18)21)2-4-12(8)26-7-11(16(24)25)19-13(20)5-3-10(17)15(22)23/h2,4,6,10-11H,3,5,7,17H2,1H3,(H2,18,21)(H,19,20)(H,22,23)(H,24,25). The van der Waals surface area contributed by atoms with E-state index in [9.17, 15) is 24.3 Å². The van der Waals surface area contributed by atoms with Crippen LogP contribution in [0.4, 0.5) is 0 Å². The number of hydrogen-bond donors (Lipinski definition) is 5. The first kappa shape index (κ1) is 21.5. The zero-order chi connectivity index (χ0) is 19.9. The van der Waals surface area contributed by atoms with Crippen molar-refractivity contribution in [1.82, 2.24) is 5.32 Å². The molecule has 0 aromatic heterocycles. The number of aliphatic carboxylic acids is 2. The summed E-state index contributed by atoms with van der Waals surface area (Å²) in [7, 11) is 0. The Balaban J connectivity index is 2.63. The molecular weight excluding hydrogens is 362 g/mol. The van der Waals surface area contributed by atoms with Crippen LogP contribution in [0, 0.1) is 6.92 Å². The van der Waals surface area contributed by atoms with Gasteiger partial charge < -0.3 is 27.0 Å². The first-order chi connectivity index (χ1) is 12.1. The van der Waals surface area contributed by atoms with Crippen molar-refractivity contribution in [3.05, 3.63) is 29.3 Å². The Morgan fingerprint density at radius 2 is 1.85 bits per heavy atom. The SMILES string of the molecule is Cc1cc(C(N)=O)ccc1SCC(NC(=O)CCC(N)C(=O)O)C(=O)O. The van der Waals surface area contributed by atoms with Crippen LogP contribution in [0.2, 0.25) is 0 Å². The molecule has 0 spiro atoms. The number of carboxylic acid groups (broad SMARTS) is 2. The molecule has 0 aliphatic carbocycles. The number of thioether (sulfide) groups is 1. The van der Waals surface area contributed by atoms with Crippen LogP contribution in [0.1, 0.15) is 28.8 Å². The summed E-state index contributed by atoms with van der Waals surface area (Å²) in [5, 5.41) is 20.3. The third-order valence-corrected chi connectivity index (χ3v) is 4.77. The maximum atomic E-state index is 11.8. The number of nitrogens with two attached hydrogens (primary N) is 2. The van der Waals surface area contributed by atoms with Gasteiger partial charge in [-0.25, -0.2) is 4.79 Å². The van der Waals surface area contributed by atoms with E-state index in [-0.39, 0.29) is 18.6 Å². The van der Waals surface area contributed by atoms with Gasteiger partial charge in [-0.05, 0) is 37.1 Å². The van der Waals surface area contributed by atoms with E-state index in [1.165, 1.54) is 11.8 Å². The lowest BCUT2D eigenvalue weighted by Crippen LogP contribution is -2.43. The van der Waals surface area contributed by atoms with Crippen LogP contribution in [0.25, 0.3) is 0 Å². The summed E-state index contributed by atoms with van der Waals surface area (Å²) in [4.78, 5) is 45.6. The average Bonchev–Trinajstić information content (AvgIpc) is 2.56. The summed E-state index contributed by atoms with van der Waals surface area (Å²) in [5.41, 5.74) is 11.6. The van der Waals surface area contributed by atoms with Gasteiger partial charge in [0.2, 0.25) is 11.8 Å². The number of primary amides is 1. The second kappa shape index (κ2) is 9.78. The monoisotopic (exact) mass is 383 g/mol. The minimum absolute atomic E-state index is 0.0583. The van der Waals surface area contributed by atoms with Gasteiger partial charge in [-0.2, -0.15) is 0 Å². The molecule has 2 atom stereocenters. The Bertz CT molecular complexity index is 709. The number of hydrogen-bond acceptors (Lipinski definition) is 6. The second-order valence-electron chi connectivity index (χ2n) is 5.60. The van der Waals surface area contributed by atoms with Crippen molar-refractivity contribution in [3.63, 3.8) is 0 Å². The molecular formula is C16H21N3O6S. The van der Waals surface area contributed by atoms with E-state index in [1.54, 1.807) is 25.1 Å². The molecule has 2 amide bonds. The number of nitrogens with one attached hydrogen (secondary N) is 1. The molecule has 0 fully saturated rings. The van der Waals surface area contributed by atoms with Crippen LogP contribution >= 0.6 is 11.8 Å². The molecule has 142 valence electrons. The Hall–Kier alpha value is -2.59. The van der Waals surface area contributed by atoms with Crippen LogP contribution < -0.4 is 16.8 Å². The third kappa shape index (κ3) is 6.73. The Morgan fingerprint density at radius 1 is 1.19 bits per heavy atom. The van der Waals surface area contributed by atoms with Crippen LogP contribution in [0.15, 0.2) is 23.1 Å². The van der Waals surface area contributed by atoms with Gasteiger partial charge in [0.25, 0.3) is 0 Å². The molecule has 2 unspecified atom stereocenters. The van der Waals surface area contributed by atoms with Crippen molar-refractivity contribution in [1.29, 1.82) is 0 Å². The number of carbonyl (C=O) groups excluding carboxylic acids is 2. The fourth-order valence-corrected chi connectivity index (χ4v) is 3.01. The highest BCUT2D eigenvalue weighted by molar-refractivity contribution is 7.99. The maximum absolute atomic E-state index is 11.8. The highest BCUT2D eigenvalue weighted by atomic mass is 32.2. The van der Waals surface area contributed by atoms with E-state index in [0.29, 0.717) is 5.56 Å². The minimum Gasteiger partial charge on any atom is -0.480 e. The van der Waals surface area contributed by atoms with Crippen molar-refractivity contribution in [3.8, 4) is 0 Å². The molecule has 1 rings (SSSR count). The smallest absolute Gasteiger partial charge is 0.327 e. The van der Waals surface area contributed by atoms with Crippen molar-refractivity contribution in [2.24, 2.45) is 11.5 Å². The van der Waals surface area contributed by atoms with Gasteiger partial charge in [0.05, 0.1) is 0 Å². The molecule has 0 aliphatic heterocycles. The largest absolute Gasteiger partial charge is 0.480 e. The van der Waals surface area contributed by atoms with Crippen LogP contribution in [-0.4, -0.2) is 51.8 Å². The molecule has 1 aromatic rings. The summed E-state index contributed by atoms with van der Waals surface area (Å²) in [6.07, 6.45) is -0.275. The number of benzene rings is 1. The van der Waals surface area contributed by atoms with Crippen LogP contribution in [-0.2, 0) is 14.4 Å². The van der Waals surface area contributed by atoms with Gasteiger partial charge in [-0.1, -0.05) is 0 Å². The summed E-state index contributed by atoms with van der Waals surface area (Å²) < 4.78 is 0. The molecule has 9 nitrogen and oxygen atoms in total. The molecule has 1 aromatic carbocycles. The Kier molecular flexibility index (Phi) is 8.07. The highest BCUT2D eigenvalue weighted by Gasteiger charge is 2.22. The number of carboxylic acids is 2. The van der Waals surface area contributed by atoms with E-state index >= 15 is 0 Å². The highest BCUT2D eigenvalue weighted by Crippen LogP contribution is 2.24. The fourth-order valence-electron chi connectivity index (χ4n) is 1.99. The maximum Gasteiger partial charge on any atom is 0.327 e. The van der Waals surface area contributed by atoms with E-state index in [2.05, 4.69) is 5.32 Å². The normalized spacial score (nSPS) is 12.8. The van der Waals surface area contributed by atoms with Crippen molar-refractivity contribution in [2.45, 2.75) is 36.7 Å². The lowest BCUT2D eigenvalue weighted by Gasteiger charge is -2.15.